The highest BCUT2D eigenvalue weighted by atomic mass is 16.6. The fourth-order valence-corrected chi connectivity index (χ4v) is 0.807. The Hall–Kier alpha value is -1.06. The summed E-state index contributed by atoms with van der Waals surface area (Å²) in [6.07, 6.45) is -1.21. The van der Waals surface area contributed by atoms with Crippen LogP contribution in [0.15, 0.2) is 24.3 Å². The standard InChI is InChI=1S/C8H9O3/c1-11-8(10)6-3-2-4-7(9)5-6/h2-5,8-9H,1H3. The summed E-state index contributed by atoms with van der Waals surface area (Å²) >= 11 is 0. The molecule has 0 bridgehead atoms. The van der Waals surface area contributed by atoms with E-state index in [4.69, 9.17) is 5.11 Å². The molecule has 1 atom stereocenters. The second-order valence-corrected chi connectivity index (χ2v) is 2.16. The van der Waals surface area contributed by atoms with Crippen molar-refractivity contribution in [2.75, 3.05) is 7.11 Å². The number of phenols is 1. The first-order valence-corrected chi connectivity index (χ1v) is 3.21. The second kappa shape index (κ2) is 3.37. The Labute approximate surface area is 64.9 Å². The maximum atomic E-state index is 10.9. The Bertz CT molecular complexity index is 235. The van der Waals surface area contributed by atoms with Crippen molar-refractivity contribution in [3.63, 3.8) is 0 Å². The van der Waals surface area contributed by atoms with Crippen LogP contribution in [-0.2, 0) is 9.84 Å². The van der Waals surface area contributed by atoms with Gasteiger partial charge in [0.2, 0.25) is 6.29 Å². The first-order chi connectivity index (χ1) is 5.24. The third-order valence-corrected chi connectivity index (χ3v) is 1.36. The van der Waals surface area contributed by atoms with E-state index in [9.17, 15) is 5.11 Å². The van der Waals surface area contributed by atoms with E-state index in [2.05, 4.69) is 4.74 Å². The fraction of sp³-hybridized carbons (Fsp3) is 0.250. The molecule has 1 radical (unpaired) electrons. The quantitative estimate of drug-likeness (QED) is 0.654. The number of benzene rings is 1. The molecule has 0 aromatic heterocycles. The van der Waals surface area contributed by atoms with E-state index in [-0.39, 0.29) is 5.75 Å². The minimum absolute atomic E-state index is 0.0837. The van der Waals surface area contributed by atoms with Crippen molar-refractivity contribution >= 4 is 0 Å². The van der Waals surface area contributed by atoms with Crippen molar-refractivity contribution in [3.05, 3.63) is 29.8 Å². The molecule has 3 heteroatoms. The van der Waals surface area contributed by atoms with Crippen molar-refractivity contribution in [1.82, 2.24) is 0 Å². The molecule has 0 saturated carbocycles. The summed E-state index contributed by atoms with van der Waals surface area (Å²) < 4.78 is 4.52. The van der Waals surface area contributed by atoms with Gasteiger partial charge in [0.1, 0.15) is 5.75 Å². The molecule has 0 aliphatic rings. The molecule has 0 spiro atoms. The monoisotopic (exact) mass is 153 g/mol. The summed E-state index contributed by atoms with van der Waals surface area (Å²) in [6, 6.07) is 6.11. The van der Waals surface area contributed by atoms with E-state index in [0.717, 1.165) is 0 Å². The predicted molar refractivity (Wildman–Crippen MR) is 38.5 cm³/mol. The van der Waals surface area contributed by atoms with Crippen LogP contribution in [0.3, 0.4) is 0 Å². The van der Waals surface area contributed by atoms with E-state index < -0.39 is 6.29 Å². The van der Waals surface area contributed by atoms with E-state index >= 15 is 0 Å². The lowest BCUT2D eigenvalue weighted by atomic mass is 10.2. The maximum Gasteiger partial charge on any atom is 0.217 e. The van der Waals surface area contributed by atoms with Crippen LogP contribution in [0.25, 0.3) is 0 Å². The van der Waals surface area contributed by atoms with Crippen LogP contribution in [0.2, 0.25) is 0 Å². The maximum absolute atomic E-state index is 10.9. The van der Waals surface area contributed by atoms with Gasteiger partial charge in [0.05, 0.1) is 0 Å². The molecule has 0 heterocycles. The molecule has 11 heavy (non-hydrogen) atoms. The lowest BCUT2D eigenvalue weighted by molar-refractivity contribution is -0.123. The lowest BCUT2D eigenvalue weighted by Gasteiger charge is -2.05. The summed E-state index contributed by atoms with van der Waals surface area (Å²) in [5.41, 5.74) is 0.438. The van der Waals surface area contributed by atoms with E-state index in [1.165, 1.54) is 19.2 Å². The van der Waals surface area contributed by atoms with Crippen LogP contribution in [0.4, 0.5) is 0 Å². The van der Waals surface area contributed by atoms with Gasteiger partial charge >= 0.3 is 0 Å². The first kappa shape index (κ1) is 8.04. The van der Waals surface area contributed by atoms with Gasteiger partial charge in [-0.2, -0.15) is 5.11 Å². The number of ether oxygens (including phenoxy) is 1. The van der Waals surface area contributed by atoms with Gasteiger partial charge in [0, 0.05) is 12.7 Å². The second-order valence-electron chi connectivity index (χ2n) is 2.16. The average Bonchev–Trinajstić information content (AvgIpc) is 2.03. The zero-order chi connectivity index (χ0) is 8.27. The number of hydrogen-bond acceptors (Lipinski definition) is 2. The van der Waals surface area contributed by atoms with Crippen molar-refractivity contribution < 1.29 is 14.9 Å². The van der Waals surface area contributed by atoms with Gasteiger partial charge in [0.15, 0.2) is 0 Å². The van der Waals surface area contributed by atoms with E-state index in [0.29, 0.717) is 5.56 Å². The average molecular weight is 153 g/mol. The molecular formula is C8H9O3. The summed E-state index contributed by atoms with van der Waals surface area (Å²) in [7, 11) is 1.34. The largest absolute Gasteiger partial charge is 0.508 e. The van der Waals surface area contributed by atoms with Crippen molar-refractivity contribution in [2.45, 2.75) is 6.29 Å². The van der Waals surface area contributed by atoms with Crippen LogP contribution in [0.1, 0.15) is 11.9 Å². The first-order valence-electron chi connectivity index (χ1n) is 3.21. The Balaban J connectivity index is 2.86. The van der Waals surface area contributed by atoms with Crippen LogP contribution < -0.4 is 0 Å². The molecule has 59 valence electrons. The van der Waals surface area contributed by atoms with Gasteiger partial charge in [-0.05, 0) is 12.1 Å². The molecule has 1 rings (SSSR count). The Kier molecular flexibility index (Phi) is 2.46. The molecular weight excluding hydrogens is 144 g/mol. The summed E-state index contributed by atoms with van der Waals surface area (Å²) in [4.78, 5) is 0. The molecule has 0 saturated heterocycles. The van der Waals surface area contributed by atoms with Crippen LogP contribution >= 0.6 is 0 Å². The van der Waals surface area contributed by atoms with Gasteiger partial charge in [-0.1, -0.05) is 12.1 Å². The van der Waals surface area contributed by atoms with Gasteiger partial charge < -0.3 is 9.84 Å². The molecule has 1 aromatic rings. The summed E-state index contributed by atoms with van der Waals surface area (Å²) in [6.45, 7) is 0. The minimum Gasteiger partial charge on any atom is -0.508 e. The lowest BCUT2D eigenvalue weighted by Crippen LogP contribution is -1.96. The zero-order valence-corrected chi connectivity index (χ0v) is 6.15. The van der Waals surface area contributed by atoms with Crippen molar-refractivity contribution in [1.29, 1.82) is 0 Å². The normalized spacial score (nSPS) is 12.9. The smallest absolute Gasteiger partial charge is 0.217 e. The fourth-order valence-electron chi connectivity index (χ4n) is 0.807. The van der Waals surface area contributed by atoms with Gasteiger partial charge in [0.25, 0.3) is 0 Å². The third kappa shape index (κ3) is 1.93. The number of methoxy groups -OCH3 is 1. The SMILES string of the molecule is COC([O])c1cccc(O)c1. The number of hydrogen-bond donors (Lipinski definition) is 1. The molecule has 3 nitrogen and oxygen atoms in total. The number of phenolic OH excluding ortho intramolecular Hbond substituents is 1. The minimum atomic E-state index is -1.21. The van der Waals surface area contributed by atoms with Crippen molar-refractivity contribution in [2.24, 2.45) is 0 Å². The Morgan fingerprint density at radius 1 is 1.55 bits per heavy atom. The highest BCUT2D eigenvalue weighted by Gasteiger charge is 2.06. The molecule has 0 aliphatic carbocycles. The molecule has 0 fully saturated rings. The predicted octanol–water partition coefficient (Wildman–Crippen LogP) is 1.47. The molecule has 1 aromatic carbocycles. The molecule has 1 N–H and O–H groups in total. The van der Waals surface area contributed by atoms with E-state index in [1.807, 2.05) is 0 Å². The van der Waals surface area contributed by atoms with Crippen molar-refractivity contribution in [3.8, 4) is 5.75 Å². The van der Waals surface area contributed by atoms with Gasteiger partial charge in [-0.3, -0.25) is 0 Å². The summed E-state index contributed by atoms with van der Waals surface area (Å²) in [5, 5.41) is 19.9. The molecule has 1 unspecified atom stereocenters. The third-order valence-electron chi connectivity index (χ3n) is 1.36. The van der Waals surface area contributed by atoms with Gasteiger partial charge in [-0.25, -0.2) is 0 Å². The highest BCUT2D eigenvalue weighted by Crippen LogP contribution is 2.18. The van der Waals surface area contributed by atoms with Crippen LogP contribution in [0, 0.1) is 0 Å². The van der Waals surface area contributed by atoms with E-state index in [1.54, 1.807) is 12.1 Å². The van der Waals surface area contributed by atoms with Crippen LogP contribution in [0.5, 0.6) is 5.75 Å². The topological polar surface area (TPSA) is 49.4 Å². The number of rotatable bonds is 2. The summed E-state index contributed by atoms with van der Waals surface area (Å²) in [5.74, 6) is 0.0837. The van der Waals surface area contributed by atoms with Crippen LogP contribution in [-0.4, -0.2) is 12.2 Å². The Morgan fingerprint density at radius 3 is 2.82 bits per heavy atom. The molecule has 0 aliphatic heterocycles. The Morgan fingerprint density at radius 2 is 2.27 bits per heavy atom. The van der Waals surface area contributed by atoms with Gasteiger partial charge in [-0.15, -0.1) is 0 Å². The number of aromatic hydroxyl groups is 1. The molecule has 0 amide bonds. The highest BCUT2D eigenvalue weighted by molar-refractivity contribution is 5.27. The zero-order valence-electron chi connectivity index (χ0n) is 6.15.